The molecule has 1 aliphatic rings. The fraction of sp³-hybridized carbons (Fsp3) is 0.412. The lowest BCUT2D eigenvalue weighted by molar-refractivity contribution is 0.193. The summed E-state index contributed by atoms with van der Waals surface area (Å²) >= 11 is 0. The van der Waals surface area contributed by atoms with E-state index in [4.69, 9.17) is 4.74 Å². The number of likely N-dealkylation sites (tertiary alicyclic amines) is 1. The van der Waals surface area contributed by atoms with Crippen LogP contribution in [0.15, 0.2) is 30.7 Å². The van der Waals surface area contributed by atoms with Crippen molar-refractivity contribution in [2.75, 3.05) is 20.2 Å². The molecule has 0 saturated carbocycles. The molecule has 6 heteroatoms. The van der Waals surface area contributed by atoms with Gasteiger partial charge in [-0.15, -0.1) is 0 Å². The molecule has 23 heavy (non-hydrogen) atoms. The lowest BCUT2D eigenvalue weighted by Crippen LogP contribution is -2.34. The molecule has 1 aromatic carbocycles. The molecule has 2 heterocycles. The number of rotatable bonds is 4. The first kappa shape index (κ1) is 15.8. The molecule has 0 N–H and O–H groups in total. The Hall–Kier alpha value is -2.08. The maximum absolute atomic E-state index is 14.1. The fourth-order valence-corrected chi connectivity index (χ4v) is 3.12. The van der Waals surface area contributed by atoms with Crippen LogP contribution in [-0.2, 0) is 6.54 Å². The van der Waals surface area contributed by atoms with E-state index in [-0.39, 0.29) is 11.5 Å². The van der Waals surface area contributed by atoms with Crippen molar-refractivity contribution in [2.24, 2.45) is 0 Å². The fourth-order valence-electron chi connectivity index (χ4n) is 3.12. The zero-order chi connectivity index (χ0) is 16.2. The van der Waals surface area contributed by atoms with Crippen molar-refractivity contribution in [1.29, 1.82) is 0 Å². The van der Waals surface area contributed by atoms with Gasteiger partial charge in [0.05, 0.1) is 7.11 Å². The monoisotopic (exact) mass is 319 g/mol. The van der Waals surface area contributed by atoms with Crippen LogP contribution >= 0.6 is 0 Å². The van der Waals surface area contributed by atoms with E-state index in [9.17, 15) is 8.78 Å². The predicted molar refractivity (Wildman–Crippen MR) is 82.2 cm³/mol. The lowest BCUT2D eigenvalue weighted by atomic mass is 9.94. The summed E-state index contributed by atoms with van der Waals surface area (Å²) in [5, 5.41) is 0. The average molecular weight is 319 g/mol. The molecule has 4 nitrogen and oxygen atoms in total. The van der Waals surface area contributed by atoms with E-state index in [1.54, 1.807) is 12.5 Å². The van der Waals surface area contributed by atoms with Crippen LogP contribution in [0.3, 0.4) is 0 Å². The minimum Gasteiger partial charge on any atom is -0.496 e. The van der Waals surface area contributed by atoms with Gasteiger partial charge in [-0.3, -0.25) is 4.90 Å². The van der Waals surface area contributed by atoms with E-state index in [0.29, 0.717) is 12.3 Å². The number of halogens is 2. The molecular weight excluding hydrogens is 300 g/mol. The zero-order valence-electron chi connectivity index (χ0n) is 13.0. The second-order valence-corrected chi connectivity index (χ2v) is 5.75. The molecule has 122 valence electrons. The molecule has 0 unspecified atom stereocenters. The van der Waals surface area contributed by atoms with Crippen molar-refractivity contribution in [3.8, 4) is 5.75 Å². The normalized spacial score (nSPS) is 18.8. The Bertz CT molecular complexity index is 666. The van der Waals surface area contributed by atoms with E-state index in [0.717, 1.165) is 37.7 Å². The van der Waals surface area contributed by atoms with Gasteiger partial charge in [-0.2, -0.15) is 0 Å². The van der Waals surface area contributed by atoms with Crippen LogP contribution in [-0.4, -0.2) is 35.1 Å². The summed E-state index contributed by atoms with van der Waals surface area (Å²) in [6.45, 7) is 1.94. The zero-order valence-corrected chi connectivity index (χ0v) is 13.0. The van der Waals surface area contributed by atoms with Crippen LogP contribution < -0.4 is 4.74 Å². The molecule has 1 fully saturated rings. The van der Waals surface area contributed by atoms with Crippen molar-refractivity contribution >= 4 is 0 Å². The van der Waals surface area contributed by atoms with E-state index >= 15 is 0 Å². The van der Waals surface area contributed by atoms with Crippen molar-refractivity contribution < 1.29 is 13.5 Å². The van der Waals surface area contributed by atoms with Gasteiger partial charge >= 0.3 is 0 Å². The molecular formula is C17H19F2N3O. The van der Waals surface area contributed by atoms with Gasteiger partial charge in [0.1, 0.15) is 12.1 Å². The highest BCUT2D eigenvalue weighted by Crippen LogP contribution is 2.29. The molecule has 0 aliphatic carbocycles. The maximum atomic E-state index is 14.1. The van der Waals surface area contributed by atoms with Gasteiger partial charge in [0, 0.05) is 36.5 Å². The quantitative estimate of drug-likeness (QED) is 0.868. The Labute approximate surface area is 134 Å². The van der Waals surface area contributed by atoms with Gasteiger partial charge in [-0.25, -0.2) is 18.7 Å². The Morgan fingerprint density at radius 1 is 1.30 bits per heavy atom. The maximum Gasteiger partial charge on any atom is 0.167 e. The van der Waals surface area contributed by atoms with E-state index < -0.39 is 11.6 Å². The number of hydrogen-bond acceptors (Lipinski definition) is 4. The van der Waals surface area contributed by atoms with Crippen molar-refractivity contribution in [1.82, 2.24) is 14.9 Å². The molecule has 1 saturated heterocycles. The number of hydrogen-bond donors (Lipinski definition) is 0. The summed E-state index contributed by atoms with van der Waals surface area (Å²) in [6.07, 6.45) is 5.31. The van der Waals surface area contributed by atoms with Gasteiger partial charge in [0.25, 0.3) is 0 Å². The average Bonchev–Trinajstić information content (AvgIpc) is 2.60. The minimum absolute atomic E-state index is 0.274. The molecule has 0 radical (unpaired) electrons. The van der Waals surface area contributed by atoms with E-state index in [2.05, 4.69) is 14.9 Å². The second-order valence-electron chi connectivity index (χ2n) is 5.75. The van der Waals surface area contributed by atoms with Crippen molar-refractivity contribution in [3.05, 3.63) is 53.6 Å². The standard InChI is InChI=1S/C17H19F2N3O/c1-23-16-5-4-14(18)17(19)13(16)10-22-8-2-3-12(9-22)15-6-7-20-11-21-15/h4-7,11-12H,2-3,8-10H2,1H3/t12-/m0/s1. The lowest BCUT2D eigenvalue weighted by Gasteiger charge is -2.32. The highest BCUT2D eigenvalue weighted by molar-refractivity contribution is 5.35. The van der Waals surface area contributed by atoms with Crippen LogP contribution in [0, 0.1) is 11.6 Å². The predicted octanol–water partition coefficient (Wildman–Crippen LogP) is 3.14. The second kappa shape index (κ2) is 7.00. The Morgan fingerprint density at radius 3 is 2.91 bits per heavy atom. The molecule has 1 aromatic heterocycles. The summed E-state index contributed by atoms with van der Waals surface area (Å²) in [7, 11) is 1.47. The summed E-state index contributed by atoms with van der Waals surface area (Å²) in [6, 6.07) is 4.48. The number of methoxy groups -OCH3 is 1. The molecule has 0 bridgehead atoms. The Balaban J connectivity index is 1.77. The third-order valence-corrected chi connectivity index (χ3v) is 4.28. The van der Waals surface area contributed by atoms with E-state index in [1.165, 1.54) is 13.2 Å². The summed E-state index contributed by atoms with van der Waals surface area (Å²) < 4.78 is 32.8. The van der Waals surface area contributed by atoms with Gasteiger partial charge in [-0.05, 0) is 37.6 Å². The van der Waals surface area contributed by atoms with Gasteiger partial charge in [0.15, 0.2) is 11.6 Å². The first-order chi connectivity index (χ1) is 11.2. The molecule has 0 spiro atoms. The smallest absolute Gasteiger partial charge is 0.167 e. The largest absolute Gasteiger partial charge is 0.496 e. The number of nitrogens with zero attached hydrogens (tertiary/aromatic N) is 3. The summed E-state index contributed by atoms with van der Waals surface area (Å²) in [5.74, 6) is -0.999. The Morgan fingerprint density at radius 2 is 2.17 bits per heavy atom. The van der Waals surface area contributed by atoms with Crippen LogP contribution in [0.5, 0.6) is 5.75 Å². The number of aromatic nitrogens is 2. The highest BCUT2D eigenvalue weighted by atomic mass is 19.2. The minimum atomic E-state index is -0.842. The van der Waals surface area contributed by atoms with Crippen LogP contribution in [0.4, 0.5) is 8.78 Å². The van der Waals surface area contributed by atoms with Crippen LogP contribution in [0.2, 0.25) is 0 Å². The molecule has 3 rings (SSSR count). The third kappa shape index (κ3) is 3.47. The van der Waals surface area contributed by atoms with Crippen LogP contribution in [0.1, 0.15) is 30.0 Å². The molecule has 0 amide bonds. The SMILES string of the molecule is COc1ccc(F)c(F)c1CN1CCC[C@H](c2ccncn2)C1. The number of ether oxygens (including phenoxy) is 1. The van der Waals surface area contributed by atoms with Gasteiger partial charge in [0.2, 0.25) is 0 Å². The first-order valence-electron chi connectivity index (χ1n) is 7.68. The molecule has 2 aromatic rings. The third-order valence-electron chi connectivity index (χ3n) is 4.28. The topological polar surface area (TPSA) is 38.2 Å². The summed E-state index contributed by atoms with van der Waals surface area (Å²) in [4.78, 5) is 10.4. The van der Waals surface area contributed by atoms with Crippen molar-refractivity contribution in [3.63, 3.8) is 0 Å². The summed E-state index contributed by atoms with van der Waals surface area (Å²) in [5.41, 5.74) is 1.27. The Kier molecular flexibility index (Phi) is 4.81. The number of piperidine rings is 1. The first-order valence-corrected chi connectivity index (χ1v) is 7.68. The van der Waals surface area contributed by atoms with E-state index in [1.807, 2.05) is 6.07 Å². The molecule has 1 atom stereocenters. The number of benzene rings is 1. The molecule has 1 aliphatic heterocycles. The van der Waals surface area contributed by atoms with Crippen LogP contribution in [0.25, 0.3) is 0 Å². The van der Waals surface area contributed by atoms with Crippen molar-refractivity contribution in [2.45, 2.75) is 25.3 Å². The van der Waals surface area contributed by atoms with Gasteiger partial charge in [-0.1, -0.05) is 0 Å². The van der Waals surface area contributed by atoms with Gasteiger partial charge < -0.3 is 4.74 Å². The highest BCUT2D eigenvalue weighted by Gasteiger charge is 2.25.